The van der Waals surface area contributed by atoms with Gasteiger partial charge in [0.1, 0.15) is 6.54 Å². The Labute approximate surface area is 116 Å². The molecule has 7 heteroatoms. The number of aromatic nitrogens is 2. The number of rotatable bonds is 6. The highest BCUT2D eigenvalue weighted by Crippen LogP contribution is 2.17. The molecule has 2 N–H and O–H groups in total. The van der Waals surface area contributed by atoms with E-state index in [0.717, 1.165) is 32.3 Å². The molecule has 0 bridgehead atoms. The summed E-state index contributed by atoms with van der Waals surface area (Å²) in [7, 11) is 0. The molecule has 110 valence electrons. The number of nitrogens with zero attached hydrogens (tertiary/aromatic N) is 2. The first-order valence-electron chi connectivity index (χ1n) is 6.79. The largest absolute Gasteiger partial charge is 0.480 e. The minimum absolute atomic E-state index is 0.103. The van der Waals surface area contributed by atoms with Gasteiger partial charge in [-0.15, -0.1) is 0 Å². The number of carboxylic acids is 1. The van der Waals surface area contributed by atoms with Gasteiger partial charge in [-0.2, -0.15) is 5.10 Å². The van der Waals surface area contributed by atoms with Crippen molar-refractivity contribution in [3.8, 4) is 0 Å². The fourth-order valence-electron chi connectivity index (χ4n) is 2.20. The summed E-state index contributed by atoms with van der Waals surface area (Å²) >= 11 is 0. The number of hydrogen-bond acceptors (Lipinski definition) is 4. The molecule has 1 aliphatic heterocycles. The van der Waals surface area contributed by atoms with E-state index >= 15 is 0 Å². The number of nitrogens with one attached hydrogen (secondary N) is 1. The first-order chi connectivity index (χ1) is 9.63. The van der Waals surface area contributed by atoms with E-state index in [-0.39, 0.29) is 18.6 Å². The molecular weight excluding hydrogens is 262 g/mol. The predicted octanol–water partition coefficient (Wildman–Crippen LogP) is 1.26. The van der Waals surface area contributed by atoms with Crippen molar-refractivity contribution in [2.75, 3.05) is 11.9 Å². The smallest absolute Gasteiger partial charge is 0.325 e. The Bertz CT molecular complexity index is 466. The van der Waals surface area contributed by atoms with Crippen LogP contribution in [0.5, 0.6) is 0 Å². The maximum absolute atomic E-state index is 11.8. The number of ether oxygens (including phenoxy) is 1. The van der Waals surface area contributed by atoms with Gasteiger partial charge in [0.15, 0.2) is 0 Å². The standard InChI is InChI=1S/C13H19N3O4/c17-12(5-4-11-3-1-2-6-20-11)15-10-7-14-16(8-10)9-13(18)19/h7-8,11H,1-6,9H2,(H,15,17)(H,18,19). The van der Waals surface area contributed by atoms with Gasteiger partial charge >= 0.3 is 5.97 Å². The van der Waals surface area contributed by atoms with E-state index in [1.807, 2.05) is 0 Å². The van der Waals surface area contributed by atoms with Gasteiger partial charge in [-0.3, -0.25) is 14.3 Å². The molecule has 1 saturated heterocycles. The van der Waals surface area contributed by atoms with E-state index in [0.29, 0.717) is 12.1 Å². The minimum atomic E-state index is -0.972. The molecule has 2 rings (SSSR count). The lowest BCUT2D eigenvalue weighted by atomic mass is 10.0. The number of hydrogen-bond donors (Lipinski definition) is 2. The molecule has 1 atom stereocenters. The van der Waals surface area contributed by atoms with E-state index in [9.17, 15) is 9.59 Å². The zero-order valence-electron chi connectivity index (χ0n) is 11.2. The second-order valence-corrected chi connectivity index (χ2v) is 4.90. The third kappa shape index (κ3) is 4.65. The van der Waals surface area contributed by atoms with E-state index < -0.39 is 5.97 Å². The molecule has 1 unspecified atom stereocenters. The van der Waals surface area contributed by atoms with Gasteiger partial charge in [0.05, 0.1) is 18.0 Å². The Hall–Kier alpha value is -1.89. The van der Waals surface area contributed by atoms with E-state index in [4.69, 9.17) is 9.84 Å². The van der Waals surface area contributed by atoms with Gasteiger partial charge < -0.3 is 15.2 Å². The van der Waals surface area contributed by atoms with Crippen LogP contribution in [0.1, 0.15) is 32.1 Å². The van der Waals surface area contributed by atoms with E-state index in [1.165, 1.54) is 17.1 Å². The van der Waals surface area contributed by atoms with Crippen LogP contribution in [0.4, 0.5) is 5.69 Å². The average Bonchev–Trinajstić information content (AvgIpc) is 2.84. The fraction of sp³-hybridized carbons (Fsp3) is 0.615. The summed E-state index contributed by atoms with van der Waals surface area (Å²) in [6.45, 7) is 0.569. The van der Waals surface area contributed by atoms with Crippen molar-refractivity contribution in [3.05, 3.63) is 12.4 Å². The van der Waals surface area contributed by atoms with Crippen LogP contribution in [0, 0.1) is 0 Å². The molecule has 20 heavy (non-hydrogen) atoms. The average molecular weight is 281 g/mol. The molecule has 0 radical (unpaired) electrons. The summed E-state index contributed by atoms with van der Waals surface area (Å²) < 4.78 is 6.83. The molecular formula is C13H19N3O4. The maximum Gasteiger partial charge on any atom is 0.325 e. The molecule has 1 aliphatic rings. The van der Waals surface area contributed by atoms with Gasteiger partial charge in [-0.1, -0.05) is 0 Å². The number of anilines is 1. The second-order valence-electron chi connectivity index (χ2n) is 4.90. The van der Waals surface area contributed by atoms with Gasteiger partial charge in [0, 0.05) is 19.2 Å². The topological polar surface area (TPSA) is 93.5 Å². The first-order valence-corrected chi connectivity index (χ1v) is 6.79. The molecule has 0 aliphatic carbocycles. The second kappa shape index (κ2) is 7.04. The highest BCUT2D eigenvalue weighted by Gasteiger charge is 2.15. The van der Waals surface area contributed by atoms with Crippen LogP contribution >= 0.6 is 0 Å². The third-order valence-corrected chi connectivity index (χ3v) is 3.18. The Morgan fingerprint density at radius 1 is 1.50 bits per heavy atom. The van der Waals surface area contributed by atoms with Crippen molar-refractivity contribution in [2.24, 2.45) is 0 Å². The van der Waals surface area contributed by atoms with Gasteiger partial charge in [-0.25, -0.2) is 0 Å². The lowest BCUT2D eigenvalue weighted by Gasteiger charge is -2.22. The van der Waals surface area contributed by atoms with Crippen LogP contribution in [-0.4, -0.2) is 39.5 Å². The number of carboxylic acid groups (broad SMARTS) is 1. The molecule has 1 aromatic rings. The van der Waals surface area contributed by atoms with Crippen LogP contribution in [0.3, 0.4) is 0 Å². The lowest BCUT2D eigenvalue weighted by molar-refractivity contribution is -0.137. The van der Waals surface area contributed by atoms with Crippen LogP contribution < -0.4 is 5.32 Å². The highest BCUT2D eigenvalue weighted by molar-refractivity contribution is 5.90. The van der Waals surface area contributed by atoms with Crippen molar-refractivity contribution in [2.45, 2.75) is 44.8 Å². The van der Waals surface area contributed by atoms with E-state index in [2.05, 4.69) is 10.4 Å². The van der Waals surface area contributed by atoms with E-state index in [1.54, 1.807) is 0 Å². The van der Waals surface area contributed by atoms with Crippen LogP contribution in [0.2, 0.25) is 0 Å². The molecule has 0 saturated carbocycles. The van der Waals surface area contributed by atoms with Gasteiger partial charge in [0.2, 0.25) is 5.91 Å². The maximum atomic E-state index is 11.8. The zero-order valence-corrected chi connectivity index (χ0v) is 11.2. The summed E-state index contributed by atoms with van der Waals surface area (Å²) in [4.78, 5) is 22.3. The SMILES string of the molecule is O=C(O)Cn1cc(NC(=O)CCC2CCCCO2)cn1. The van der Waals surface area contributed by atoms with Crippen LogP contribution in [0.15, 0.2) is 12.4 Å². The molecule has 7 nitrogen and oxygen atoms in total. The quantitative estimate of drug-likeness (QED) is 0.818. The monoisotopic (exact) mass is 281 g/mol. The molecule has 1 aromatic heterocycles. The number of aliphatic carboxylic acids is 1. The zero-order chi connectivity index (χ0) is 14.4. The van der Waals surface area contributed by atoms with Gasteiger partial charge in [0.25, 0.3) is 0 Å². The Morgan fingerprint density at radius 3 is 3.05 bits per heavy atom. The normalized spacial score (nSPS) is 18.7. The molecule has 1 amide bonds. The molecule has 2 heterocycles. The number of amides is 1. The summed E-state index contributed by atoms with van der Waals surface area (Å²) in [5, 5.41) is 15.2. The van der Waals surface area contributed by atoms with Crippen molar-refractivity contribution in [1.82, 2.24) is 9.78 Å². The van der Waals surface area contributed by atoms with Crippen LogP contribution in [0.25, 0.3) is 0 Å². The Morgan fingerprint density at radius 2 is 2.35 bits per heavy atom. The van der Waals surface area contributed by atoms with Crippen molar-refractivity contribution < 1.29 is 19.4 Å². The van der Waals surface area contributed by atoms with Gasteiger partial charge in [-0.05, 0) is 25.7 Å². The summed E-state index contributed by atoms with van der Waals surface area (Å²) in [6, 6.07) is 0. The fourth-order valence-corrected chi connectivity index (χ4v) is 2.20. The first kappa shape index (κ1) is 14.5. The van der Waals surface area contributed by atoms with Crippen LogP contribution in [-0.2, 0) is 20.9 Å². The minimum Gasteiger partial charge on any atom is -0.480 e. The molecule has 1 fully saturated rings. The summed E-state index contributed by atoms with van der Waals surface area (Å²) in [6.07, 6.45) is 7.53. The number of carbonyl (C=O) groups is 2. The highest BCUT2D eigenvalue weighted by atomic mass is 16.5. The Balaban J connectivity index is 1.73. The third-order valence-electron chi connectivity index (χ3n) is 3.18. The molecule has 0 spiro atoms. The Kier molecular flexibility index (Phi) is 5.11. The number of carbonyl (C=O) groups excluding carboxylic acids is 1. The van der Waals surface area contributed by atoms with Crippen molar-refractivity contribution >= 4 is 17.6 Å². The van der Waals surface area contributed by atoms with Crippen molar-refractivity contribution in [1.29, 1.82) is 0 Å². The lowest BCUT2D eigenvalue weighted by Crippen LogP contribution is -2.21. The molecule has 0 aromatic carbocycles. The summed E-state index contributed by atoms with van der Waals surface area (Å²) in [5.74, 6) is -1.07. The predicted molar refractivity (Wildman–Crippen MR) is 71.3 cm³/mol. The summed E-state index contributed by atoms with van der Waals surface area (Å²) in [5.41, 5.74) is 0.515. The van der Waals surface area contributed by atoms with Crippen molar-refractivity contribution in [3.63, 3.8) is 0 Å².